The second-order valence-electron chi connectivity index (χ2n) is 10.0. The van der Waals surface area contributed by atoms with Gasteiger partial charge in [0.05, 0.1) is 20.0 Å². The highest BCUT2D eigenvalue weighted by Gasteiger charge is 2.32. The Bertz CT molecular complexity index is 1420. The van der Waals surface area contributed by atoms with Crippen LogP contribution in [0.4, 0.5) is 11.8 Å². The van der Waals surface area contributed by atoms with E-state index in [1.807, 2.05) is 43.3 Å². The predicted molar refractivity (Wildman–Crippen MR) is 159 cm³/mol. The maximum Gasteiger partial charge on any atom is 0.262 e. The summed E-state index contributed by atoms with van der Waals surface area (Å²) in [7, 11) is 0.367. The minimum absolute atomic E-state index is 0.0333. The molecule has 0 atom stereocenters. The molecule has 0 saturated heterocycles. The average Bonchev–Trinajstić information content (AvgIpc) is 3.24. The van der Waals surface area contributed by atoms with Crippen LogP contribution < -0.4 is 15.5 Å². The van der Waals surface area contributed by atoms with Gasteiger partial charge in [0.25, 0.3) is 5.91 Å². The van der Waals surface area contributed by atoms with E-state index in [4.69, 9.17) is 21.6 Å². The molecule has 38 heavy (non-hydrogen) atoms. The Kier molecular flexibility index (Phi) is 9.11. The minimum atomic E-state index is -3.59. The van der Waals surface area contributed by atoms with Crippen LogP contribution in [0.2, 0.25) is 5.02 Å². The van der Waals surface area contributed by atoms with Crippen molar-refractivity contribution in [2.75, 3.05) is 37.1 Å². The molecule has 206 valence electrons. The molecule has 8 nitrogen and oxygen atoms in total. The van der Waals surface area contributed by atoms with E-state index in [-0.39, 0.29) is 26.7 Å². The summed E-state index contributed by atoms with van der Waals surface area (Å²) < 4.78 is 26.2. The van der Waals surface area contributed by atoms with Crippen molar-refractivity contribution in [1.29, 1.82) is 0 Å². The smallest absolute Gasteiger partial charge is 0.262 e. The maximum absolute atomic E-state index is 13.0. The summed E-state index contributed by atoms with van der Waals surface area (Å²) in [6.45, 7) is 3.76. The molecule has 0 bridgehead atoms. The highest BCUT2D eigenvalue weighted by Crippen LogP contribution is 2.43. The first kappa shape index (κ1) is 28.9. The normalized spacial score (nSPS) is 18.1. The van der Waals surface area contributed by atoms with Crippen LogP contribution in [-0.4, -0.2) is 62.5 Å². The number of halogens is 1. The number of nitrogens with zero attached hydrogens (tertiary/aromatic N) is 3. The molecule has 2 aromatic heterocycles. The topological polar surface area (TPSA) is 104 Å². The molecule has 4 rings (SSSR count). The van der Waals surface area contributed by atoms with E-state index in [1.54, 1.807) is 20.1 Å². The van der Waals surface area contributed by atoms with Crippen molar-refractivity contribution in [2.45, 2.75) is 59.9 Å². The van der Waals surface area contributed by atoms with Crippen molar-refractivity contribution in [3.05, 3.63) is 34.2 Å². The number of hydrogen-bond donors (Lipinski definition) is 2. The lowest BCUT2D eigenvalue weighted by atomic mass is 9.86. The maximum atomic E-state index is 13.0. The van der Waals surface area contributed by atoms with E-state index in [9.17, 15) is 13.2 Å². The largest absolute Gasteiger partial charge is 0.362 e. The summed E-state index contributed by atoms with van der Waals surface area (Å²) in [4.78, 5) is 24.8. The third kappa shape index (κ3) is 6.05. The fourth-order valence-electron chi connectivity index (χ4n) is 4.61. The van der Waals surface area contributed by atoms with Gasteiger partial charge in [0, 0.05) is 32.1 Å². The van der Waals surface area contributed by atoms with Gasteiger partial charge in [-0.1, -0.05) is 23.7 Å². The van der Waals surface area contributed by atoms with Crippen molar-refractivity contribution in [1.82, 2.24) is 15.3 Å². The van der Waals surface area contributed by atoms with Crippen LogP contribution in [0.5, 0.6) is 0 Å². The number of rotatable bonds is 9. The lowest BCUT2D eigenvalue weighted by Crippen LogP contribution is -2.34. The summed E-state index contributed by atoms with van der Waals surface area (Å²) in [5, 5.41) is 6.94. The molecule has 1 saturated carbocycles. The van der Waals surface area contributed by atoms with Crippen molar-refractivity contribution >= 4 is 73.1 Å². The molecule has 0 aliphatic heterocycles. The Morgan fingerprint density at radius 1 is 1.18 bits per heavy atom. The van der Waals surface area contributed by atoms with E-state index in [0.717, 1.165) is 53.7 Å². The van der Waals surface area contributed by atoms with Crippen LogP contribution in [0.1, 0.15) is 49.2 Å². The quantitative estimate of drug-likeness (QED) is 0.303. The Morgan fingerprint density at radius 2 is 1.87 bits per heavy atom. The molecule has 2 heterocycles. The third-order valence-electron chi connectivity index (χ3n) is 6.81. The fourth-order valence-corrected chi connectivity index (χ4v) is 9.14. The first-order valence-corrected chi connectivity index (χ1v) is 16.6. The lowest BCUT2D eigenvalue weighted by Gasteiger charge is -2.29. The molecular weight excluding hydrogens is 562 g/mol. The predicted octanol–water partition coefficient (Wildman–Crippen LogP) is 5.72. The summed E-state index contributed by atoms with van der Waals surface area (Å²) >= 11 is 8.89. The van der Waals surface area contributed by atoms with Crippen molar-refractivity contribution in [3.63, 3.8) is 0 Å². The second kappa shape index (κ2) is 12.0. The van der Waals surface area contributed by atoms with Crippen LogP contribution in [0.25, 0.3) is 10.9 Å². The van der Waals surface area contributed by atoms with Gasteiger partial charge in [0.2, 0.25) is 5.95 Å². The first-order chi connectivity index (χ1) is 18.0. The number of sulfone groups is 1. The van der Waals surface area contributed by atoms with Crippen LogP contribution in [0.15, 0.2) is 33.4 Å². The standard InChI is InChI=1S/C26H34ClN5O3S3/c1-15(2)38(34,35)22-20(27)21(37-25(22)36-5)24(33)28-14-16-10-12-17(13-11-16)29-26-30-19-9-7-6-8-18(19)23(31-26)32(3)4/h6-9,15-17H,10-14H2,1-5H3,(H,28,33)(H,29,30,31)/t16-,17+. The fraction of sp³-hybridized carbons (Fsp3) is 0.500. The number of carbonyl (C=O) groups excluding carboxylic acids is 1. The Labute approximate surface area is 237 Å². The van der Waals surface area contributed by atoms with Crippen LogP contribution in [-0.2, 0) is 9.84 Å². The molecule has 3 aromatic rings. The lowest BCUT2D eigenvalue weighted by molar-refractivity contribution is 0.0947. The molecule has 0 spiro atoms. The Balaban J connectivity index is 1.35. The summed E-state index contributed by atoms with van der Waals surface area (Å²) in [6.07, 6.45) is 5.59. The highest BCUT2D eigenvalue weighted by molar-refractivity contribution is 8.01. The van der Waals surface area contributed by atoms with E-state index in [0.29, 0.717) is 22.6 Å². The number of aromatic nitrogens is 2. The second-order valence-corrected chi connectivity index (χ2v) is 14.9. The molecule has 0 unspecified atom stereocenters. The monoisotopic (exact) mass is 595 g/mol. The highest BCUT2D eigenvalue weighted by atomic mass is 35.5. The van der Waals surface area contributed by atoms with Gasteiger partial charge < -0.3 is 15.5 Å². The van der Waals surface area contributed by atoms with Crippen LogP contribution >= 0.6 is 34.7 Å². The van der Waals surface area contributed by atoms with Gasteiger partial charge in [-0.25, -0.2) is 13.4 Å². The van der Waals surface area contributed by atoms with E-state index in [1.165, 1.54) is 11.8 Å². The van der Waals surface area contributed by atoms with Crippen LogP contribution in [0, 0.1) is 5.92 Å². The number of anilines is 2. The molecule has 0 radical (unpaired) electrons. The summed E-state index contributed by atoms with van der Waals surface area (Å²) in [5.41, 5.74) is 0.909. The summed E-state index contributed by atoms with van der Waals surface area (Å²) in [5.74, 6) is 1.54. The third-order valence-corrected chi connectivity index (χ3v) is 12.2. The van der Waals surface area contributed by atoms with Gasteiger partial charge in [0.15, 0.2) is 9.84 Å². The zero-order chi connectivity index (χ0) is 27.6. The van der Waals surface area contributed by atoms with Crippen molar-refractivity contribution in [2.24, 2.45) is 5.92 Å². The van der Waals surface area contributed by atoms with Gasteiger partial charge in [-0.2, -0.15) is 4.98 Å². The molecule has 1 amide bonds. The number of thiophene rings is 1. The SMILES string of the molecule is CSc1sc(C(=O)NC[C@H]2CC[C@@H](Nc3nc(N(C)C)c4ccccc4n3)CC2)c(Cl)c1S(=O)(=O)C(C)C. The average molecular weight is 596 g/mol. The van der Waals surface area contributed by atoms with Gasteiger partial charge in [-0.15, -0.1) is 23.1 Å². The molecule has 2 N–H and O–H groups in total. The van der Waals surface area contributed by atoms with Gasteiger partial charge in [-0.3, -0.25) is 4.79 Å². The number of benzene rings is 1. The van der Waals surface area contributed by atoms with Gasteiger partial charge in [-0.05, 0) is 63.8 Å². The molecule has 12 heteroatoms. The number of amides is 1. The molecule has 1 fully saturated rings. The first-order valence-electron chi connectivity index (χ1n) is 12.6. The number of fused-ring (bicyclic) bond motifs is 1. The van der Waals surface area contributed by atoms with Gasteiger partial charge >= 0.3 is 0 Å². The molecule has 1 aliphatic carbocycles. The van der Waals surface area contributed by atoms with Crippen molar-refractivity contribution in [3.8, 4) is 0 Å². The van der Waals surface area contributed by atoms with E-state index in [2.05, 4.69) is 10.6 Å². The molecule has 1 aliphatic rings. The zero-order valence-electron chi connectivity index (χ0n) is 22.2. The van der Waals surface area contributed by atoms with Crippen LogP contribution in [0.3, 0.4) is 0 Å². The van der Waals surface area contributed by atoms with E-state index >= 15 is 0 Å². The number of thioether (sulfide) groups is 1. The zero-order valence-corrected chi connectivity index (χ0v) is 25.5. The minimum Gasteiger partial charge on any atom is -0.362 e. The number of nitrogens with one attached hydrogen (secondary N) is 2. The van der Waals surface area contributed by atoms with Gasteiger partial charge in [0.1, 0.15) is 15.6 Å². The molecular formula is C26H34ClN5O3S3. The Hall–Kier alpha value is -2.08. The number of hydrogen-bond acceptors (Lipinski definition) is 9. The van der Waals surface area contributed by atoms with Crippen molar-refractivity contribution < 1.29 is 13.2 Å². The number of para-hydroxylation sites is 1. The molecule has 1 aromatic carbocycles. The Morgan fingerprint density at radius 3 is 2.50 bits per heavy atom. The summed E-state index contributed by atoms with van der Waals surface area (Å²) in [6, 6.07) is 8.26. The van der Waals surface area contributed by atoms with E-state index < -0.39 is 15.1 Å². The number of carbonyl (C=O) groups is 1.